The summed E-state index contributed by atoms with van der Waals surface area (Å²) in [5.41, 5.74) is 0.201. The smallest absolute Gasteiger partial charge is 0.277 e. The second kappa shape index (κ2) is 5.52. The first-order valence-corrected chi connectivity index (χ1v) is 6.68. The van der Waals surface area contributed by atoms with Gasteiger partial charge < -0.3 is 0 Å². The van der Waals surface area contributed by atoms with Crippen LogP contribution in [-0.2, 0) is 0 Å². The Morgan fingerprint density at radius 2 is 2.06 bits per heavy atom. The average molecular weight is 269 g/mol. The molecule has 0 aliphatic carbocycles. The minimum atomic E-state index is -0.250. The van der Waals surface area contributed by atoms with E-state index < -0.39 is 0 Å². The van der Waals surface area contributed by atoms with Gasteiger partial charge >= 0.3 is 0 Å². The van der Waals surface area contributed by atoms with Gasteiger partial charge in [-0.25, -0.2) is 9.50 Å². The lowest BCUT2D eigenvalue weighted by molar-refractivity contribution is 0.523. The normalized spacial score (nSPS) is 11.6. The predicted molar refractivity (Wildman–Crippen MR) is 71.2 cm³/mol. The number of H-pyrrole nitrogens is 1. The number of imidazole rings is 1. The molecule has 0 saturated carbocycles. The molecule has 6 heteroatoms. The Balaban J connectivity index is 2.52. The fraction of sp³-hybridized carbons (Fsp3) is 0.583. The third-order valence-electron chi connectivity index (χ3n) is 3.04. The second-order valence-corrected chi connectivity index (χ2v) is 4.79. The Labute approximate surface area is 110 Å². The van der Waals surface area contributed by atoms with Gasteiger partial charge in [-0.15, -0.1) is 5.10 Å². The van der Waals surface area contributed by atoms with E-state index in [2.05, 4.69) is 28.9 Å². The highest BCUT2D eigenvalue weighted by atomic mass is 35.5. The highest BCUT2D eigenvalue weighted by Gasteiger charge is 2.17. The Bertz CT molecular complexity index is 583. The molecule has 2 rings (SSSR count). The molecular weight excluding hydrogens is 252 g/mol. The molecule has 18 heavy (non-hydrogen) atoms. The lowest BCUT2D eigenvalue weighted by Crippen LogP contribution is -2.14. The largest absolute Gasteiger partial charge is 0.294 e. The van der Waals surface area contributed by atoms with Crippen LogP contribution in [0.3, 0.4) is 0 Å². The van der Waals surface area contributed by atoms with Crippen LogP contribution in [0, 0.1) is 0 Å². The van der Waals surface area contributed by atoms with Crippen molar-refractivity contribution in [1.82, 2.24) is 19.6 Å². The van der Waals surface area contributed by atoms with Crippen molar-refractivity contribution >= 4 is 17.1 Å². The van der Waals surface area contributed by atoms with Gasteiger partial charge in [-0.1, -0.05) is 26.7 Å². The molecule has 0 unspecified atom stereocenters. The van der Waals surface area contributed by atoms with E-state index in [9.17, 15) is 4.79 Å². The first-order chi connectivity index (χ1) is 8.67. The van der Waals surface area contributed by atoms with E-state index >= 15 is 0 Å². The van der Waals surface area contributed by atoms with Gasteiger partial charge in [-0.2, -0.15) is 0 Å². The van der Waals surface area contributed by atoms with Crippen LogP contribution >= 0.6 is 11.6 Å². The van der Waals surface area contributed by atoms with Gasteiger partial charge in [-0.05, 0) is 24.4 Å². The van der Waals surface area contributed by atoms with Crippen molar-refractivity contribution in [3.8, 4) is 0 Å². The van der Waals surface area contributed by atoms with Crippen molar-refractivity contribution in [2.24, 2.45) is 0 Å². The van der Waals surface area contributed by atoms with Crippen molar-refractivity contribution < 1.29 is 0 Å². The van der Waals surface area contributed by atoms with Gasteiger partial charge in [0.2, 0.25) is 5.28 Å². The molecule has 98 valence electrons. The maximum absolute atomic E-state index is 11.7. The van der Waals surface area contributed by atoms with E-state index in [1.165, 1.54) is 0 Å². The van der Waals surface area contributed by atoms with Crippen molar-refractivity contribution in [3.63, 3.8) is 0 Å². The summed E-state index contributed by atoms with van der Waals surface area (Å²) in [5.74, 6) is 1.16. The molecule has 0 aliphatic rings. The molecule has 0 radical (unpaired) electrons. The third kappa shape index (κ3) is 2.41. The van der Waals surface area contributed by atoms with Gasteiger partial charge in [0.05, 0.1) is 6.20 Å². The molecule has 0 amide bonds. The number of hydrogen-bond acceptors (Lipinski definition) is 3. The topological polar surface area (TPSA) is 63.0 Å². The zero-order valence-corrected chi connectivity index (χ0v) is 11.4. The van der Waals surface area contributed by atoms with Gasteiger partial charge in [0.25, 0.3) is 5.56 Å². The third-order valence-corrected chi connectivity index (χ3v) is 3.21. The monoisotopic (exact) mass is 268 g/mol. The quantitative estimate of drug-likeness (QED) is 0.907. The van der Waals surface area contributed by atoms with E-state index in [0.717, 1.165) is 31.5 Å². The number of aromatic nitrogens is 4. The fourth-order valence-corrected chi connectivity index (χ4v) is 2.43. The summed E-state index contributed by atoms with van der Waals surface area (Å²) in [6.07, 6.45) is 5.81. The molecule has 2 aromatic heterocycles. The number of fused-ring (bicyclic) bond motifs is 1. The van der Waals surface area contributed by atoms with Crippen LogP contribution in [-0.4, -0.2) is 19.6 Å². The minimum absolute atomic E-state index is 0.0958. The Morgan fingerprint density at radius 3 is 2.67 bits per heavy atom. The van der Waals surface area contributed by atoms with E-state index in [1.807, 2.05) is 0 Å². The van der Waals surface area contributed by atoms with E-state index in [4.69, 9.17) is 11.6 Å². The van der Waals surface area contributed by atoms with Crippen molar-refractivity contribution in [1.29, 1.82) is 0 Å². The molecule has 2 heterocycles. The number of rotatable bonds is 5. The zero-order chi connectivity index (χ0) is 13.1. The molecule has 0 aromatic carbocycles. The summed E-state index contributed by atoms with van der Waals surface area (Å²) in [7, 11) is 0. The highest BCUT2D eigenvalue weighted by Crippen LogP contribution is 2.25. The van der Waals surface area contributed by atoms with Crippen LogP contribution in [0.25, 0.3) is 5.52 Å². The minimum Gasteiger partial charge on any atom is -0.294 e. The molecule has 0 fully saturated rings. The summed E-state index contributed by atoms with van der Waals surface area (Å²) >= 11 is 5.80. The van der Waals surface area contributed by atoms with Crippen LogP contribution in [0.1, 0.15) is 51.3 Å². The Kier molecular flexibility index (Phi) is 4.01. The number of nitrogens with one attached hydrogen (secondary N) is 1. The summed E-state index contributed by atoms with van der Waals surface area (Å²) < 4.78 is 1.58. The molecule has 5 nitrogen and oxygen atoms in total. The van der Waals surface area contributed by atoms with Crippen LogP contribution in [0.15, 0.2) is 11.0 Å². The van der Waals surface area contributed by atoms with Crippen LogP contribution in [0.5, 0.6) is 0 Å². The molecule has 1 N–H and O–H groups in total. The van der Waals surface area contributed by atoms with E-state index in [1.54, 1.807) is 10.7 Å². The van der Waals surface area contributed by atoms with Crippen LogP contribution in [0.4, 0.5) is 0 Å². The number of halogens is 1. The fourth-order valence-electron chi connectivity index (χ4n) is 2.27. The maximum Gasteiger partial charge on any atom is 0.277 e. The predicted octanol–water partition coefficient (Wildman–Crippen LogP) is 2.75. The summed E-state index contributed by atoms with van der Waals surface area (Å²) in [5, 5.41) is 4.24. The SMILES string of the molecule is CCCC(CCC)c1ncc2c(=O)[nH]c(Cl)nn12. The Morgan fingerprint density at radius 1 is 1.39 bits per heavy atom. The van der Waals surface area contributed by atoms with E-state index in [0.29, 0.717) is 11.4 Å². The number of nitrogens with zero attached hydrogens (tertiary/aromatic N) is 3. The first kappa shape index (κ1) is 13.1. The molecule has 0 bridgehead atoms. The maximum atomic E-state index is 11.7. The molecule has 0 saturated heterocycles. The average Bonchev–Trinajstić information content (AvgIpc) is 2.72. The van der Waals surface area contributed by atoms with E-state index in [-0.39, 0.29) is 10.8 Å². The Hall–Kier alpha value is -1.36. The molecule has 0 atom stereocenters. The number of aromatic amines is 1. The highest BCUT2D eigenvalue weighted by molar-refractivity contribution is 6.28. The van der Waals surface area contributed by atoms with Crippen molar-refractivity contribution in [2.45, 2.75) is 45.4 Å². The van der Waals surface area contributed by atoms with Gasteiger partial charge in [0.1, 0.15) is 5.82 Å². The van der Waals surface area contributed by atoms with Crippen LogP contribution in [0.2, 0.25) is 5.28 Å². The molecule has 2 aromatic rings. The molecule has 0 spiro atoms. The molecule has 0 aliphatic heterocycles. The molecular formula is C12H17ClN4O. The van der Waals surface area contributed by atoms with Gasteiger partial charge in [0, 0.05) is 5.92 Å². The van der Waals surface area contributed by atoms with Crippen molar-refractivity contribution in [2.75, 3.05) is 0 Å². The lowest BCUT2D eigenvalue weighted by Gasteiger charge is -2.13. The van der Waals surface area contributed by atoms with Gasteiger partial charge in [0.15, 0.2) is 5.52 Å². The van der Waals surface area contributed by atoms with Crippen molar-refractivity contribution in [3.05, 3.63) is 27.7 Å². The second-order valence-electron chi connectivity index (χ2n) is 4.43. The summed E-state index contributed by atoms with van der Waals surface area (Å²) in [6.45, 7) is 4.29. The number of hydrogen-bond donors (Lipinski definition) is 1. The summed E-state index contributed by atoms with van der Waals surface area (Å²) in [6, 6.07) is 0. The van der Waals surface area contributed by atoms with Crippen LogP contribution < -0.4 is 5.56 Å². The van der Waals surface area contributed by atoms with Gasteiger partial charge in [-0.3, -0.25) is 9.78 Å². The summed E-state index contributed by atoms with van der Waals surface area (Å²) in [4.78, 5) is 18.5. The standard InChI is InChI=1S/C12H17ClN4O/c1-3-5-8(6-4-2)10-14-7-9-11(18)15-12(13)16-17(9)10/h7-8H,3-6H2,1-2H3,(H,15,16,18). The first-order valence-electron chi connectivity index (χ1n) is 6.30. The zero-order valence-electron chi connectivity index (χ0n) is 10.6. The lowest BCUT2D eigenvalue weighted by atomic mass is 9.98.